The van der Waals surface area contributed by atoms with Gasteiger partial charge < -0.3 is 9.84 Å². The Kier molecular flexibility index (Phi) is 6.46. The highest BCUT2D eigenvalue weighted by atomic mass is 35.5. The number of aromatic hydroxyl groups is 1. The second-order valence-electron chi connectivity index (χ2n) is 5.00. The standard InChI is InChI=1S/C15H23NO2.ClH/c1-3-7-16(8-4-2)13-9-12-5-6-14(17)10-15(12)18-11-13;/h5-6,10,13,17H,3-4,7-9,11H2,1-2H3;1H. The molecule has 1 unspecified atom stereocenters. The smallest absolute Gasteiger partial charge is 0.126 e. The molecular formula is C15H24ClNO2. The van der Waals surface area contributed by atoms with Gasteiger partial charge >= 0.3 is 0 Å². The zero-order valence-electron chi connectivity index (χ0n) is 11.8. The molecule has 0 saturated heterocycles. The second-order valence-corrected chi connectivity index (χ2v) is 5.00. The summed E-state index contributed by atoms with van der Waals surface area (Å²) in [5.41, 5.74) is 1.21. The monoisotopic (exact) mass is 285 g/mol. The van der Waals surface area contributed by atoms with Crippen LogP contribution in [-0.4, -0.2) is 35.7 Å². The SMILES string of the molecule is CCCN(CCC)C1COc2cc(O)ccc2C1.Cl. The van der Waals surface area contributed by atoms with Gasteiger partial charge in [0.2, 0.25) is 0 Å². The Morgan fingerprint density at radius 1 is 1.26 bits per heavy atom. The lowest BCUT2D eigenvalue weighted by Gasteiger charge is -2.34. The van der Waals surface area contributed by atoms with Gasteiger partial charge in [0.1, 0.15) is 18.1 Å². The first-order valence-electron chi connectivity index (χ1n) is 6.93. The van der Waals surface area contributed by atoms with E-state index >= 15 is 0 Å². The van der Waals surface area contributed by atoms with Gasteiger partial charge in [0.05, 0.1) is 0 Å². The zero-order valence-corrected chi connectivity index (χ0v) is 12.6. The molecule has 0 amide bonds. The number of phenolic OH excluding ortho intramolecular Hbond substituents is 1. The quantitative estimate of drug-likeness (QED) is 0.901. The summed E-state index contributed by atoms with van der Waals surface area (Å²) in [7, 11) is 0. The Morgan fingerprint density at radius 2 is 1.95 bits per heavy atom. The molecule has 2 rings (SSSR count). The van der Waals surface area contributed by atoms with E-state index in [9.17, 15) is 5.11 Å². The summed E-state index contributed by atoms with van der Waals surface area (Å²) >= 11 is 0. The van der Waals surface area contributed by atoms with E-state index in [2.05, 4.69) is 18.7 Å². The van der Waals surface area contributed by atoms with E-state index in [1.807, 2.05) is 6.07 Å². The van der Waals surface area contributed by atoms with Crippen LogP contribution in [0.2, 0.25) is 0 Å². The number of fused-ring (bicyclic) bond motifs is 1. The van der Waals surface area contributed by atoms with E-state index in [-0.39, 0.29) is 18.2 Å². The zero-order chi connectivity index (χ0) is 13.0. The molecule has 3 nitrogen and oxygen atoms in total. The maximum Gasteiger partial charge on any atom is 0.126 e. The van der Waals surface area contributed by atoms with Crippen molar-refractivity contribution in [1.82, 2.24) is 4.90 Å². The lowest BCUT2D eigenvalue weighted by atomic mass is 10.0. The molecule has 0 spiro atoms. The van der Waals surface area contributed by atoms with Crippen LogP contribution in [-0.2, 0) is 6.42 Å². The average Bonchev–Trinajstić information content (AvgIpc) is 2.38. The van der Waals surface area contributed by atoms with Crippen LogP contribution in [0.5, 0.6) is 11.5 Å². The average molecular weight is 286 g/mol. The molecule has 108 valence electrons. The molecule has 1 atom stereocenters. The third-order valence-corrected chi connectivity index (χ3v) is 3.48. The van der Waals surface area contributed by atoms with Crippen molar-refractivity contribution in [2.45, 2.75) is 39.2 Å². The fraction of sp³-hybridized carbons (Fsp3) is 0.600. The normalized spacial score (nSPS) is 17.5. The molecular weight excluding hydrogens is 262 g/mol. The van der Waals surface area contributed by atoms with Gasteiger partial charge in [0, 0.05) is 12.1 Å². The Bertz CT molecular complexity index is 392. The van der Waals surface area contributed by atoms with E-state index < -0.39 is 0 Å². The minimum absolute atomic E-state index is 0. The van der Waals surface area contributed by atoms with Gasteiger partial charge in [-0.3, -0.25) is 4.90 Å². The van der Waals surface area contributed by atoms with Crippen molar-refractivity contribution in [3.05, 3.63) is 23.8 Å². The molecule has 1 N–H and O–H groups in total. The maximum atomic E-state index is 9.44. The molecule has 1 heterocycles. The first-order valence-corrected chi connectivity index (χ1v) is 6.93. The van der Waals surface area contributed by atoms with E-state index in [0.717, 1.165) is 31.9 Å². The third kappa shape index (κ3) is 4.02. The number of benzene rings is 1. The summed E-state index contributed by atoms with van der Waals surface area (Å²) in [5, 5.41) is 9.44. The molecule has 0 radical (unpaired) electrons. The van der Waals surface area contributed by atoms with E-state index in [4.69, 9.17) is 4.74 Å². The number of hydrogen-bond donors (Lipinski definition) is 1. The predicted octanol–water partition coefficient (Wildman–Crippen LogP) is 3.24. The highest BCUT2D eigenvalue weighted by Crippen LogP contribution is 2.30. The number of halogens is 1. The number of phenols is 1. The van der Waals surface area contributed by atoms with Gasteiger partial charge in [-0.2, -0.15) is 0 Å². The van der Waals surface area contributed by atoms with Crippen molar-refractivity contribution < 1.29 is 9.84 Å². The number of rotatable bonds is 5. The molecule has 0 aliphatic carbocycles. The number of nitrogens with zero attached hydrogens (tertiary/aromatic N) is 1. The third-order valence-electron chi connectivity index (χ3n) is 3.48. The Labute approximate surface area is 122 Å². The van der Waals surface area contributed by atoms with Crippen LogP contribution >= 0.6 is 12.4 Å². The predicted molar refractivity (Wildman–Crippen MR) is 80.5 cm³/mol. The topological polar surface area (TPSA) is 32.7 Å². The molecule has 4 heteroatoms. The molecule has 1 aromatic rings. The highest BCUT2D eigenvalue weighted by molar-refractivity contribution is 5.85. The minimum atomic E-state index is 0. The first kappa shape index (κ1) is 16.1. The van der Waals surface area contributed by atoms with Crippen molar-refractivity contribution in [1.29, 1.82) is 0 Å². The fourth-order valence-electron chi connectivity index (χ4n) is 2.63. The lowest BCUT2D eigenvalue weighted by Crippen LogP contribution is -2.43. The van der Waals surface area contributed by atoms with E-state index in [0.29, 0.717) is 6.04 Å². The van der Waals surface area contributed by atoms with Crippen molar-refractivity contribution in [2.75, 3.05) is 19.7 Å². The van der Waals surface area contributed by atoms with Gasteiger partial charge in [-0.05, 0) is 44.0 Å². The molecule has 1 aliphatic rings. The Hall–Kier alpha value is -0.930. The van der Waals surface area contributed by atoms with Crippen molar-refractivity contribution in [3.8, 4) is 11.5 Å². The maximum absolute atomic E-state index is 9.44. The Balaban J connectivity index is 0.00000180. The van der Waals surface area contributed by atoms with Crippen molar-refractivity contribution in [2.24, 2.45) is 0 Å². The molecule has 0 fully saturated rings. The first-order chi connectivity index (χ1) is 8.74. The summed E-state index contributed by atoms with van der Waals surface area (Å²) in [6, 6.07) is 5.92. The van der Waals surface area contributed by atoms with Crippen molar-refractivity contribution in [3.63, 3.8) is 0 Å². The van der Waals surface area contributed by atoms with Gasteiger partial charge in [-0.15, -0.1) is 12.4 Å². The van der Waals surface area contributed by atoms with Crippen LogP contribution < -0.4 is 4.74 Å². The summed E-state index contributed by atoms with van der Waals surface area (Å²) < 4.78 is 5.79. The van der Waals surface area contributed by atoms with Gasteiger partial charge in [-0.1, -0.05) is 19.9 Å². The highest BCUT2D eigenvalue weighted by Gasteiger charge is 2.24. The van der Waals surface area contributed by atoms with E-state index in [1.54, 1.807) is 12.1 Å². The molecule has 1 aliphatic heterocycles. The van der Waals surface area contributed by atoms with Crippen LogP contribution in [0.3, 0.4) is 0 Å². The molecule has 0 aromatic heterocycles. The van der Waals surface area contributed by atoms with Crippen LogP contribution in [0.4, 0.5) is 0 Å². The van der Waals surface area contributed by atoms with Crippen LogP contribution in [0.15, 0.2) is 18.2 Å². The van der Waals surface area contributed by atoms with Crippen LogP contribution in [0.25, 0.3) is 0 Å². The number of ether oxygens (including phenoxy) is 1. The lowest BCUT2D eigenvalue weighted by molar-refractivity contribution is 0.119. The summed E-state index contributed by atoms with van der Waals surface area (Å²) in [6.07, 6.45) is 3.38. The second kappa shape index (κ2) is 7.61. The minimum Gasteiger partial charge on any atom is -0.508 e. The summed E-state index contributed by atoms with van der Waals surface area (Å²) in [5.74, 6) is 1.13. The van der Waals surface area contributed by atoms with Crippen LogP contribution in [0.1, 0.15) is 32.3 Å². The summed E-state index contributed by atoms with van der Waals surface area (Å²) in [4.78, 5) is 2.52. The van der Waals surface area contributed by atoms with Gasteiger partial charge in [-0.25, -0.2) is 0 Å². The molecule has 0 saturated carbocycles. The molecule has 0 bridgehead atoms. The van der Waals surface area contributed by atoms with Crippen molar-refractivity contribution >= 4 is 12.4 Å². The largest absolute Gasteiger partial charge is 0.508 e. The molecule has 19 heavy (non-hydrogen) atoms. The summed E-state index contributed by atoms with van der Waals surface area (Å²) in [6.45, 7) is 7.44. The van der Waals surface area contributed by atoms with Gasteiger partial charge in [0.25, 0.3) is 0 Å². The van der Waals surface area contributed by atoms with Gasteiger partial charge in [0.15, 0.2) is 0 Å². The van der Waals surface area contributed by atoms with Crippen LogP contribution in [0, 0.1) is 0 Å². The Morgan fingerprint density at radius 3 is 2.58 bits per heavy atom. The fourth-order valence-corrected chi connectivity index (χ4v) is 2.63. The number of hydrogen-bond acceptors (Lipinski definition) is 3. The van der Waals surface area contributed by atoms with E-state index in [1.165, 1.54) is 18.4 Å². The molecule has 1 aromatic carbocycles.